The summed E-state index contributed by atoms with van der Waals surface area (Å²) < 4.78 is 0. The van der Waals surface area contributed by atoms with Crippen LogP contribution in [-0.4, -0.2) is 0 Å². The van der Waals surface area contributed by atoms with Gasteiger partial charge in [-0.1, -0.05) is 24.3 Å². The van der Waals surface area contributed by atoms with Crippen molar-refractivity contribution in [2.75, 3.05) is 0 Å². The first-order valence-corrected chi connectivity index (χ1v) is 5.40. The van der Waals surface area contributed by atoms with Gasteiger partial charge < -0.3 is 0 Å². The average molecular weight is 195 g/mol. The molecule has 2 saturated carbocycles. The number of allylic oxidation sites excluding steroid dienone is 1. The summed E-state index contributed by atoms with van der Waals surface area (Å²) in [4.78, 5) is 0. The van der Waals surface area contributed by atoms with Crippen molar-refractivity contribution in [3.05, 3.63) is 47.5 Å². The monoisotopic (exact) mass is 195 g/mol. The number of nitrogens with zero attached hydrogens (tertiary/aromatic N) is 1. The summed E-state index contributed by atoms with van der Waals surface area (Å²) in [6.45, 7) is 4.01. The molecule has 0 aromatic heterocycles. The van der Waals surface area contributed by atoms with E-state index in [1.807, 2.05) is 12.1 Å². The summed E-state index contributed by atoms with van der Waals surface area (Å²) in [7, 11) is 0. The number of rotatable bonds is 1. The summed E-state index contributed by atoms with van der Waals surface area (Å²) in [5, 5.41) is 8.72. The van der Waals surface area contributed by atoms with Crippen LogP contribution in [-0.2, 0) is 0 Å². The molecule has 0 N–H and O–H groups in total. The van der Waals surface area contributed by atoms with Crippen LogP contribution in [0.25, 0.3) is 0 Å². The van der Waals surface area contributed by atoms with Gasteiger partial charge in [-0.15, -0.1) is 0 Å². The quantitative estimate of drug-likeness (QED) is 0.630. The molecule has 2 aliphatic rings. The van der Waals surface area contributed by atoms with Crippen molar-refractivity contribution in [1.29, 1.82) is 5.26 Å². The van der Waals surface area contributed by atoms with Crippen molar-refractivity contribution in [1.82, 2.24) is 0 Å². The highest BCUT2D eigenvalue weighted by Gasteiger charge is 2.59. The average Bonchev–Trinajstić information content (AvgIpc) is 2.93. The van der Waals surface area contributed by atoms with Gasteiger partial charge in [0.25, 0.3) is 0 Å². The zero-order valence-corrected chi connectivity index (χ0v) is 8.66. The molecule has 0 radical (unpaired) electrons. The van der Waals surface area contributed by atoms with Crippen molar-refractivity contribution in [2.24, 2.45) is 5.41 Å². The van der Waals surface area contributed by atoms with E-state index < -0.39 is 0 Å². The van der Waals surface area contributed by atoms with Gasteiger partial charge in [0.2, 0.25) is 0 Å². The fraction of sp³-hybridized carbons (Fsp3) is 0.357. The third-order valence-electron chi connectivity index (χ3n) is 3.84. The first kappa shape index (κ1) is 8.73. The Labute approximate surface area is 90.0 Å². The number of nitriles is 1. The van der Waals surface area contributed by atoms with Crippen molar-refractivity contribution in [2.45, 2.75) is 25.2 Å². The van der Waals surface area contributed by atoms with Crippen molar-refractivity contribution in [3.8, 4) is 6.07 Å². The molecule has 0 bridgehead atoms. The SMILES string of the molecule is C=C1CC2(C1)CC2c1ccc(C#N)cc1. The molecule has 1 spiro atoms. The van der Waals surface area contributed by atoms with Crippen molar-refractivity contribution in [3.63, 3.8) is 0 Å². The van der Waals surface area contributed by atoms with Crippen LogP contribution in [0.15, 0.2) is 36.4 Å². The van der Waals surface area contributed by atoms with E-state index in [4.69, 9.17) is 5.26 Å². The van der Waals surface area contributed by atoms with Crippen LogP contribution >= 0.6 is 0 Å². The molecule has 1 aromatic rings. The van der Waals surface area contributed by atoms with Gasteiger partial charge in [-0.25, -0.2) is 0 Å². The molecule has 1 aromatic carbocycles. The van der Waals surface area contributed by atoms with Gasteiger partial charge >= 0.3 is 0 Å². The van der Waals surface area contributed by atoms with Crippen LogP contribution in [0.3, 0.4) is 0 Å². The first-order valence-electron chi connectivity index (χ1n) is 5.40. The van der Waals surface area contributed by atoms with Crippen LogP contribution in [0.2, 0.25) is 0 Å². The van der Waals surface area contributed by atoms with E-state index >= 15 is 0 Å². The molecular formula is C14H13N. The first-order chi connectivity index (χ1) is 7.23. The predicted octanol–water partition coefficient (Wildman–Crippen LogP) is 3.38. The van der Waals surface area contributed by atoms with Gasteiger partial charge in [0, 0.05) is 0 Å². The van der Waals surface area contributed by atoms with E-state index in [0.29, 0.717) is 5.41 Å². The standard InChI is InChI=1S/C14H13N/c1-10-6-14(7-10)8-13(14)12-4-2-11(9-15)3-5-12/h2-5,13H,1,6-8H2. The van der Waals surface area contributed by atoms with Crippen LogP contribution < -0.4 is 0 Å². The second-order valence-corrected chi connectivity index (χ2v) is 4.96. The molecule has 74 valence electrons. The van der Waals surface area contributed by atoms with Crippen molar-refractivity contribution >= 4 is 0 Å². The Bertz CT molecular complexity index is 453. The second-order valence-electron chi connectivity index (χ2n) is 4.96. The van der Waals surface area contributed by atoms with E-state index in [1.165, 1.54) is 30.4 Å². The lowest BCUT2D eigenvalue weighted by Gasteiger charge is -2.30. The summed E-state index contributed by atoms with van der Waals surface area (Å²) in [5.74, 6) is 0.732. The zero-order valence-electron chi connectivity index (χ0n) is 8.66. The minimum Gasteiger partial charge on any atom is -0.192 e. The number of hydrogen-bond donors (Lipinski definition) is 0. The van der Waals surface area contributed by atoms with Crippen LogP contribution in [0.1, 0.15) is 36.3 Å². The molecule has 15 heavy (non-hydrogen) atoms. The normalized spacial score (nSPS) is 25.8. The van der Waals surface area contributed by atoms with E-state index in [0.717, 1.165) is 11.5 Å². The molecule has 3 rings (SSSR count). The minimum absolute atomic E-state index is 0.575. The minimum atomic E-state index is 0.575. The summed E-state index contributed by atoms with van der Waals surface area (Å²) >= 11 is 0. The molecule has 1 nitrogen and oxygen atoms in total. The fourth-order valence-corrected chi connectivity index (χ4v) is 2.94. The Balaban J connectivity index is 1.79. The second kappa shape index (κ2) is 2.73. The van der Waals surface area contributed by atoms with Crippen LogP contribution in [0, 0.1) is 16.7 Å². The summed E-state index contributed by atoms with van der Waals surface area (Å²) in [6, 6.07) is 10.2. The molecular weight excluding hydrogens is 182 g/mol. The zero-order chi connectivity index (χ0) is 10.5. The Morgan fingerprint density at radius 1 is 1.27 bits per heavy atom. The Morgan fingerprint density at radius 2 is 1.93 bits per heavy atom. The van der Waals surface area contributed by atoms with Gasteiger partial charge in [-0.05, 0) is 48.3 Å². The lowest BCUT2D eigenvalue weighted by Crippen LogP contribution is -2.16. The third-order valence-corrected chi connectivity index (χ3v) is 3.84. The van der Waals surface area contributed by atoms with E-state index in [2.05, 4.69) is 24.8 Å². The predicted molar refractivity (Wildman–Crippen MR) is 59.3 cm³/mol. The van der Waals surface area contributed by atoms with E-state index in [9.17, 15) is 0 Å². The van der Waals surface area contributed by atoms with Gasteiger partial charge in [0.1, 0.15) is 0 Å². The maximum Gasteiger partial charge on any atom is 0.0991 e. The maximum absolute atomic E-state index is 8.72. The summed E-state index contributed by atoms with van der Waals surface area (Å²) in [5.41, 5.74) is 4.14. The van der Waals surface area contributed by atoms with Gasteiger partial charge in [0.05, 0.1) is 11.6 Å². The summed E-state index contributed by atoms with van der Waals surface area (Å²) in [6.07, 6.45) is 3.76. The highest BCUT2D eigenvalue weighted by Crippen LogP contribution is 2.71. The molecule has 0 amide bonds. The Kier molecular flexibility index (Phi) is 1.59. The highest BCUT2D eigenvalue weighted by molar-refractivity contribution is 5.40. The van der Waals surface area contributed by atoms with Gasteiger partial charge in [-0.2, -0.15) is 5.26 Å². The Morgan fingerprint density at radius 3 is 2.47 bits per heavy atom. The van der Waals surface area contributed by atoms with E-state index in [1.54, 1.807) is 0 Å². The maximum atomic E-state index is 8.72. The van der Waals surface area contributed by atoms with Crippen LogP contribution in [0.5, 0.6) is 0 Å². The molecule has 1 heteroatoms. The van der Waals surface area contributed by atoms with Gasteiger partial charge in [0.15, 0.2) is 0 Å². The number of benzene rings is 1. The van der Waals surface area contributed by atoms with Crippen LogP contribution in [0.4, 0.5) is 0 Å². The van der Waals surface area contributed by atoms with Crippen molar-refractivity contribution < 1.29 is 0 Å². The lowest BCUT2D eigenvalue weighted by atomic mass is 9.75. The topological polar surface area (TPSA) is 23.8 Å². The van der Waals surface area contributed by atoms with E-state index in [-0.39, 0.29) is 0 Å². The molecule has 1 unspecified atom stereocenters. The molecule has 0 saturated heterocycles. The molecule has 0 heterocycles. The molecule has 2 aliphatic carbocycles. The van der Waals surface area contributed by atoms with Gasteiger partial charge in [-0.3, -0.25) is 0 Å². The highest BCUT2D eigenvalue weighted by atomic mass is 14.6. The Hall–Kier alpha value is -1.55. The lowest BCUT2D eigenvalue weighted by molar-refractivity contribution is 0.380. The number of hydrogen-bond acceptors (Lipinski definition) is 1. The molecule has 1 atom stereocenters. The molecule has 2 fully saturated rings. The molecule has 0 aliphatic heterocycles. The largest absolute Gasteiger partial charge is 0.192 e. The smallest absolute Gasteiger partial charge is 0.0991 e. The third kappa shape index (κ3) is 1.22. The fourth-order valence-electron chi connectivity index (χ4n) is 2.94.